The fourth-order valence-electron chi connectivity index (χ4n) is 3.28. The van der Waals surface area contributed by atoms with Gasteiger partial charge in [0.25, 0.3) is 5.52 Å². The van der Waals surface area contributed by atoms with E-state index in [1.807, 2.05) is 71.4 Å². The SMILES string of the molecule is c1ccc(-c2ccc(ONC3Oc4cccc5ccc[n+]3c45)cc2)cc1. The molecule has 126 valence electrons. The molecule has 4 nitrogen and oxygen atoms in total. The maximum absolute atomic E-state index is 5.96. The molecule has 0 aliphatic carbocycles. The predicted molar refractivity (Wildman–Crippen MR) is 99.4 cm³/mol. The van der Waals surface area contributed by atoms with Crippen LogP contribution in [0.2, 0.25) is 0 Å². The molecule has 4 heteroatoms. The number of hydrogen-bond acceptors (Lipinski definition) is 3. The maximum atomic E-state index is 5.96. The second kappa shape index (κ2) is 6.17. The molecule has 0 spiro atoms. The van der Waals surface area contributed by atoms with E-state index in [0.717, 1.165) is 28.0 Å². The van der Waals surface area contributed by atoms with Crippen LogP contribution in [-0.2, 0) is 0 Å². The van der Waals surface area contributed by atoms with E-state index >= 15 is 0 Å². The van der Waals surface area contributed by atoms with Crippen molar-refractivity contribution in [1.29, 1.82) is 0 Å². The maximum Gasteiger partial charge on any atom is 0.397 e. The van der Waals surface area contributed by atoms with Crippen molar-refractivity contribution in [3.63, 3.8) is 0 Å². The topological polar surface area (TPSA) is 34.4 Å². The van der Waals surface area contributed by atoms with Gasteiger partial charge in [-0.25, -0.2) is 0 Å². The Morgan fingerprint density at radius 1 is 0.769 bits per heavy atom. The lowest BCUT2D eigenvalue weighted by Crippen LogP contribution is -2.48. The van der Waals surface area contributed by atoms with Crippen molar-refractivity contribution in [3.8, 4) is 22.6 Å². The highest BCUT2D eigenvalue weighted by Gasteiger charge is 2.33. The quantitative estimate of drug-likeness (QED) is 0.446. The minimum atomic E-state index is -0.398. The highest BCUT2D eigenvalue weighted by molar-refractivity contribution is 5.81. The summed E-state index contributed by atoms with van der Waals surface area (Å²) in [5, 5.41) is 1.14. The molecular weight excluding hydrogens is 324 g/mol. The summed E-state index contributed by atoms with van der Waals surface area (Å²) in [6.45, 7) is 0. The lowest BCUT2D eigenvalue weighted by atomic mass is 10.1. The van der Waals surface area contributed by atoms with E-state index in [0.29, 0.717) is 0 Å². The van der Waals surface area contributed by atoms with Crippen LogP contribution in [0, 0.1) is 0 Å². The van der Waals surface area contributed by atoms with Crippen molar-refractivity contribution < 1.29 is 14.1 Å². The fraction of sp³-hybridized carbons (Fsp3) is 0.0455. The molecular formula is C22H17N2O2+. The van der Waals surface area contributed by atoms with Crippen molar-refractivity contribution in [1.82, 2.24) is 5.48 Å². The number of pyridine rings is 1. The summed E-state index contributed by atoms with van der Waals surface area (Å²) in [6, 6.07) is 28.4. The molecule has 5 rings (SSSR count). The Morgan fingerprint density at radius 2 is 1.54 bits per heavy atom. The summed E-state index contributed by atoms with van der Waals surface area (Å²) in [4.78, 5) is 5.75. The number of rotatable bonds is 4. The van der Waals surface area contributed by atoms with Crippen LogP contribution in [0.25, 0.3) is 22.0 Å². The molecule has 0 amide bonds. The average molecular weight is 341 g/mol. The number of para-hydroxylation sites is 1. The largest absolute Gasteiger partial charge is 0.412 e. The van der Waals surface area contributed by atoms with Crippen LogP contribution in [0.3, 0.4) is 0 Å². The highest BCUT2D eigenvalue weighted by Crippen LogP contribution is 2.29. The summed E-state index contributed by atoms with van der Waals surface area (Å²) in [5.74, 6) is 1.58. The molecule has 0 bridgehead atoms. The second-order valence-electron chi connectivity index (χ2n) is 6.19. The zero-order valence-corrected chi connectivity index (χ0v) is 14.0. The molecule has 2 heterocycles. The average Bonchev–Trinajstić information content (AvgIpc) is 3.07. The van der Waals surface area contributed by atoms with E-state index in [2.05, 4.69) is 29.7 Å². The van der Waals surface area contributed by atoms with Gasteiger partial charge in [0.2, 0.25) is 5.75 Å². The van der Waals surface area contributed by atoms with Gasteiger partial charge < -0.3 is 9.57 Å². The fourth-order valence-corrected chi connectivity index (χ4v) is 3.28. The number of nitrogens with zero attached hydrogens (tertiary/aromatic N) is 1. The van der Waals surface area contributed by atoms with Gasteiger partial charge in [0.15, 0.2) is 6.20 Å². The van der Waals surface area contributed by atoms with E-state index in [9.17, 15) is 0 Å². The Balaban J connectivity index is 1.33. The highest BCUT2D eigenvalue weighted by atomic mass is 16.7. The minimum absolute atomic E-state index is 0.398. The Morgan fingerprint density at radius 3 is 2.38 bits per heavy atom. The van der Waals surface area contributed by atoms with Gasteiger partial charge in [0, 0.05) is 6.07 Å². The molecule has 0 radical (unpaired) electrons. The van der Waals surface area contributed by atoms with Gasteiger partial charge in [0.1, 0.15) is 5.75 Å². The zero-order chi connectivity index (χ0) is 17.3. The Hall–Kier alpha value is -3.37. The van der Waals surface area contributed by atoms with E-state index in [4.69, 9.17) is 9.57 Å². The van der Waals surface area contributed by atoms with Crippen LogP contribution >= 0.6 is 0 Å². The molecule has 0 fully saturated rings. The molecule has 1 aliphatic rings. The lowest BCUT2D eigenvalue weighted by Gasteiger charge is -2.10. The molecule has 1 aliphatic heterocycles. The smallest absolute Gasteiger partial charge is 0.397 e. The normalized spacial score (nSPS) is 15.0. The van der Waals surface area contributed by atoms with Crippen LogP contribution in [0.15, 0.2) is 91.1 Å². The summed E-state index contributed by atoms with van der Waals surface area (Å²) in [7, 11) is 0. The molecule has 1 unspecified atom stereocenters. The van der Waals surface area contributed by atoms with Gasteiger partial charge in [-0.2, -0.15) is 0 Å². The lowest BCUT2D eigenvalue weighted by molar-refractivity contribution is -0.731. The second-order valence-corrected chi connectivity index (χ2v) is 6.19. The Labute approximate surface area is 151 Å². The number of nitrogens with one attached hydrogen (secondary N) is 1. The van der Waals surface area contributed by atoms with Crippen LogP contribution in [0.5, 0.6) is 11.5 Å². The first-order valence-electron chi connectivity index (χ1n) is 8.56. The summed E-state index contributed by atoms with van der Waals surface area (Å²) in [5.41, 5.74) is 6.41. The van der Waals surface area contributed by atoms with Crippen molar-refractivity contribution in [2.24, 2.45) is 0 Å². The number of hydroxylamine groups is 1. The van der Waals surface area contributed by atoms with E-state index in [1.165, 1.54) is 5.56 Å². The first-order chi connectivity index (χ1) is 12.9. The van der Waals surface area contributed by atoms with Gasteiger partial charge in [-0.05, 0) is 41.5 Å². The van der Waals surface area contributed by atoms with E-state index < -0.39 is 6.35 Å². The third-order valence-electron chi connectivity index (χ3n) is 4.54. The first-order valence-corrected chi connectivity index (χ1v) is 8.56. The van der Waals surface area contributed by atoms with Crippen molar-refractivity contribution in [3.05, 3.63) is 91.1 Å². The molecule has 0 saturated carbocycles. The van der Waals surface area contributed by atoms with E-state index in [-0.39, 0.29) is 0 Å². The standard InChI is InChI=1S/C22H17N2O2/c1-2-6-16(7-3-1)17-11-13-19(14-12-17)26-23-22-24-15-5-9-18-8-4-10-20(25-22)21(18)24/h1-15,22-23H/q+1. The Kier molecular flexibility index (Phi) is 3.54. The van der Waals surface area contributed by atoms with Crippen molar-refractivity contribution in [2.75, 3.05) is 0 Å². The summed E-state index contributed by atoms with van der Waals surface area (Å²) in [6.07, 6.45) is 1.59. The molecule has 1 N–H and O–H groups in total. The summed E-state index contributed by atoms with van der Waals surface area (Å²) < 4.78 is 8.00. The molecule has 26 heavy (non-hydrogen) atoms. The summed E-state index contributed by atoms with van der Waals surface area (Å²) >= 11 is 0. The monoisotopic (exact) mass is 341 g/mol. The van der Waals surface area contributed by atoms with Crippen molar-refractivity contribution in [2.45, 2.75) is 6.35 Å². The number of benzene rings is 3. The van der Waals surface area contributed by atoms with E-state index in [1.54, 1.807) is 0 Å². The molecule has 1 atom stereocenters. The van der Waals surface area contributed by atoms with Crippen LogP contribution in [-0.4, -0.2) is 0 Å². The zero-order valence-electron chi connectivity index (χ0n) is 14.0. The first kappa shape index (κ1) is 14.9. The predicted octanol–water partition coefficient (Wildman–Crippen LogP) is 4.23. The van der Waals surface area contributed by atoms with Crippen LogP contribution < -0.4 is 19.6 Å². The molecule has 3 aromatic carbocycles. The molecule has 1 aromatic heterocycles. The Bertz CT molecular complexity index is 1060. The van der Waals surface area contributed by atoms with Gasteiger partial charge >= 0.3 is 6.35 Å². The third-order valence-corrected chi connectivity index (χ3v) is 4.54. The van der Waals surface area contributed by atoms with Crippen LogP contribution in [0.4, 0.5) is 0 Å². The van der Waals surface area contributed by atoms with Gasteiger partial charge in [-0.15, -0.1) is 4.57 Å². The minimum Gasteiger partial charge on any atom is -0.412 e. The number of hydrogen-bond donors (Lipinski definition) is 1. The molecule has 0 saturated heterocycles. The third kappa shape index (κ3) is 2.57. The van der Waals surface area contributed by atoms with Gasteiger partial charge in [-0.1, -0.05) is 54.0 Å². The van der Waals surface area contributed by atoms with Crippen LogP contribution in [0.1, 0.15) is 6.35 Å². The van der Waals surface area contributed by atoms with Gasteiger partial charge in [0.05, 0.1) is 5.39 Å². The van der Waals surface area contributed by atoms with Gasteiger partial charge in [-0.3, -0.25) is 0 Å². The van der Waals surface area contributed by atoms with Crippen molar-refractivity contribution >= 4 is 10.9 Å². The number of ether oxygens (including phenoxy) is 1. The molecule has 4 aromatic rings. The number of aromatic nitrogens is 1.